The quantitative estimate of drug-likeness (QED) is 0.828. The molecule has 2 rings (SSSR count). The van der Waals surface area contributed by atoms with Crippen molar-refractivity contribution in [3.8, 4) is 0 Å². The number of thioether (sulfide) groups is 1. The molecule has 0 spiro atoms. The topological polar surface area (TPSA) is 68.0 Å². The third kappa shape index (κ3) is 3.60. The van der Waals surface area contributed by atoms with E-state index in [0.29, 0.717) is 11.6 Å². The van der Waals surface area contributed by atoms with Crippen molar-refractivity contribution in [3.05, 3.63) is 41.2 Å². The van der Waals surface area contributed by atoms with Crippen molar-refractivity contribution in [2.75, 3.05) is 5.75 Å². The number of aryl methyl sites for hydroxylation is 1. The van der Waals surface area contributed by atoms with Gasteiger partial charge >= 0.3 is 5.97 Å². The summed E-state index contributed by atoms with van der Waals surface area (Å²) in [5, 5.41) is 17.7. The van der Waals surface area contributed by atoms with E-state index in [1.165, 1.54) is 22.9 Å². The van der Waals surface area contributed by atoms with Gasteiger partial charge in [-0.1, -0.05) is 41.6 Å². The minimum Gasteiger partial charge on any atom is -0.481 e. The van der Waals surface area contributed by atoms with Crippen molar-refractivity contribution >= 4 is 17.7 Å². The summed E-state index contributed by atoms with van der Waals surface area (Å²) >= 11 is 1.20. The summed E-state index contributed by atoms with van der Waals surface area (Å²) in [6.07, 6.45) is 0.703. The van der Waals surface area contributed by atoms with Crippen LogP contribution in [0.15, 0.2) is 29.4 Å². The highest BCUT2D eigenvalue weighted by molar-refractivity contribution is 7.99. The molecule has 5 nitrogen and oxygen atoms in total. The lowest BCUT2D eigenvalue weighted by Crippen LogP contribution is -2.06. The molecule has 20 heavy (non-hydrogen) atoms. The first-order valence-electron chi connectivity index (χ1n) is 6.42. The smallest absolute Gasteiger partial charge is 0.313 e. The summed E-state index contributed by atoms with van der Waals surface area (Å²) in [5.41, 5.74) is 2.40. The first-order chi connectivity index (χ1) is 9.60. The summed E-state index contributed by atoms with van der Waals surface area (Å²) in [5.74, 6) is 0.0211. The summed E-state index contributed by atoms with van der Waals surface area (Å²) in [6, 6.07) is 8.30. The molecule has 2 aromatic rings. The van der Waals surface area contributed by atoms with E-state index < -0.39 is 5.97 Å². The summed E-state index contributed by atoms with van der Waals surface area (Å²) < 4.78 is 1.97. The highest BCUT2D eigenvalue weighted by atomic mass is 32.2. The van der Waals surface area contributed by atoms with Gasteiger partial charge in [0.15, 0.2) is 5.16 Å². The van der Waals surface area contributed by atoms with Gasteiger partial charge in [-0.3, -0.25) is 4.79 Å². The molecule has 1 aromatic heterocycles. The normalized spacial score (nSPS) is 10.7. The molecule has 1 heterocycles. The Labute approximate surface area is 122 Å². The second-order valence-corrected chi connectivity index (χ2v) is 5.43. The van der Waals surface area contributed by atoms with E-state index in [9.17, 15) is 4.79 Å². The predicted octanol–water partition coefficient (Wildman–Crippen LogP) is 2.37. The molecule has 0 aliphatic heterocycles. The fraction of sp³-hybridized carbons (Fsp3) is 0.357. The van der Waals surface area contributed by atoms with E-state index >= 15 is 0 Å². The van der Waals surface area contributed by atoms with Crippen LogP contribution in [0, 0.1) is 6.92 Å². The Kier molecular flexibility index (Phi) is 4.79. The number of rotatable bonds is 6. The van der Waals surface area contributed by atoms with Crippen LogP contribution >= 0.6 is 11.8 Å². The maximum atomic E-state index is 10.6. The van der Waals surface area contributed by atoms with Crippen LogP contribution in [0.25, 0.3) is 0 Å². The molecule has 6 heteroatoms. The zero-order valence-corrected chi connectivity index (χ0v) is 12.4. The molecule has 0 unspecified atom stereocenters. The highest BCUT2D eigenvalue weighted by Gasteiger charge is 2.13. The maximum absolute atomic E-state index is 10.6. The van der Waals surface area contributed by atoms with Crippen LogP contribution in [0.1, 0.15) is 23.9 Å². The van der Waals surface area contributed by atoms with Gasteiger partial charge in [0.1, 0.15) is 5.82 Å². The van der Waals surface area contributed by atoms with Crippen LogP contribution < -0.4 is 0 Å². The van der Waals surface area contributed by atoms with Gasteiger partial charge in [-0.2, -0.15) is 0 Å². The van der Waals surface area contributed by atoms with Crippen molar-refractivity contribution in [2.45, 2.75) is 32.0 Å². The van der Waals surface area contributed by atoms with E-state index in [2.05, 4.69) is 41.4 Å². The Hall–Kier alpha value is -1.82. The second kappa shape index (κ2) is 6.56. The van der Waals surface area contributed by atoms with Crippen LogP contribution in [0.2, 0.25) is 0 Å². The molecule has 0 fully saturated rings. The molecule has 0 aliphatic rings. The van der Waals surface area contributed by atoms with Gasteiger partial charge in [0, 0.05) is 13.0 Å². The van der Waals surface area contributed by atoms with E-state index in [1.807, 2.05) is 11.5 Å². The number of hydrogen-bond acceptors (Lipinski definition) is 4. The van der Waals surface area contributed by atoms with Crippen molar-refractivity contribution < 1.29 is 9.90 Å². The van der Waals surface area contributed by atoms with E-state index in [-0.39, 0.29) is 5.75 Å². The zero-order valence-electron chi connectivity index (χ0n) is 11.5. The van der Waals surface area contributed by atoms with Crippen molar-refractivity contribution in [1.29, 1.82) is 0 Å². The third-order valence-corrected chi connectivity index (χ3v) is 3.87. The summed E-state index contributed by atoms with van der Waals surface area (Å²) in [7, 11) is 0. The lowest BCUT2D eigenvalue weighted by atomic mass is 10.1. The van der Waals surface area contributed by atoms with Gasteiger partial charge in [0.2, 0.25) is 0 Å². The Bertz CT molecular complexity index is 593. The van der Waals surface area contributed by atoms with E-state index in [0.717, 1.165) is 12.4 Å². The molecule has 0 aliphatic carbocycles. The molecule has 1 N–H and O–H groups in total. The molecular weight excluding hydrogens is 274 g/mol. The second-order valence-electron chi connectivity index (χ2n) is 4.49. The molecular formula is C14H17N3O2S. The number of nitrogens with zero attached hydrogens (tertiary/aromatic N) is 3. The van der Waals surface area contributed by atoms with Crippen molar-refractivity contribution in [3.63, 3.8) is 0 Å². The van der Waals surface area contributed by atoms with E-state index in [1.54, 1.807) is 0 Å². The third-order valence-electron chi connectivity index (χ3n) is 2.92. The SMILES string of the molecule is CCn1c(Cc2ccc(C)cc2)nnc1SCC(=O)O. The minimum atomic E-state index is -0.847. The molecule has 0 radical (unpaired) electrons. The number of aliphatic carboxylic acids is 1. The van der Waals surface area contributed by atoms with Crippen LogP contribution in [0.5, 0.6) is 0 Å². The largest absolute Gasteiger partial charge is 0.481 e. The monoisotopic (exact) mass is 291 g/mol. The number of carbonyl (C=O) groups is 1. The Morgan fingerprint density at radius 2 is 2.00 bits per heavy atom. The van der Waals surface area contributed by atoms with Gasteiger partial charge in [0.25, 0.3) is 0 Å². The van der Waals surface area contributed by atoms with Gasteiger partial charge in [-0.15, -0.1) is 10.2 Å². The Morgan fingerprint density at radius 3 is 2.60 bits per heavy atom. The molecule has 0 amide bonds. The number of hydrogen-bond donors (Lipinski definition) is 1. The fourth-order valence-corrected chi connectivity index (χ4v) is 2.63. The molecule has 0 saturated carbocycles. The Balaban J connectivity index is 2.15. The average Bonchev–Trinajstić information content (AvgIpc) is 2.81. The Morgan fingerprint density at radius 1 is 1.30 bits per heavy atom. The molecule has 0 atom stereocenters. The maximum Gasteiger partial charge on any atom is 0.313 e. The standard InChI is InChI=1S/C14H17N3O2S/c1-3-17-12(8-11-6-4-10(2)5-7-11)15-16-14(17)20-9-13(18)19/h4-7H,3,8-9H2,1-2H3,(H,18,19). The predicted molar refractivity (Wildman–Crippen MR) is 78.0 cm³/mol. The molecule has 1 aromatic carbocycles. The van der Waals surface area contributed by atoms with Gasteiger partial charge in [-0.25, -0.2) is 0 Å². The fourth-order valence-electron chi connectivity index (χ4n) is 1.89. The van der Waals surface area contributed by atoms with Crippen LogP contribution in [-0.4, -0.2) is 31.6 Å². The van der Waals surface area contributed by atoms with Gasteiger partial charge in [-0.05, 0) is 19.4 Å². The number of benzene rings is 1. The minimum absolute atomic E-state index is 0.00264. The van der Waals surface area contributed by atoms with E-state index in [4.69, 9.17) is 5.11 Å². The average molecular weight is 291 g/mol. The zero-order chi connectivity index (χ0) is 14.5. The van der Waals surface area contributed by atoms with Crippen molar-refractivity contribution in [2.24, 2.45) is 0 Å². The lowest BCUT2D eigenvalue weighted by molar-refractivity contribution is -0.133. The van der Waals surface area contributed by atoms with Crippen LogP contribution in [0.3, 0.4) is 0 Å². The summed E-state index contributed by atoms with van der Waals surface area (Å²) in [4.78, 5) is 10.6. The van der Waals surface area contributed by atoms with Gasteiger partial charge in [0.05, 0.1) is 5.75 Å². The molecule has 106 valence electrons. The summed E-state index contributed by atoms with van der Waals surface area (Å²) in [6.45, 7) is 4.79. The molecule has 0 saturated heterocycles. The lowest BCUT2D eigenvalue weighted by Gasteiger charge is -2.06. The highest BCUT2D eigenvalue weighted by Crippen LogP contribution is 2.18. The number of carboxylic acid groups (broad SMARTS) is 1. The van der Waals surface area contributed by atoms with Crippen LogP contribution in [-0.2, 0) is 17.8 Å². The van der Waals surface area contributed by atoms with Gasteiger partial charge < -0.3 is 9.67 Å². The first-order valence-corrected chi connectivity index (χ1v) is 7.41. The first kappa shape index (κ1) is 14.6. The van der Waals surface area contributed by atoms with Crippen LogP contribution in [0.4, 0.5) is 0 Å². The number of aromatic nitrogens is 3. The molecule has 0 bridgehead atoms. The van der Waals surface area contributed by atoms with Crippen molar-refractivity contribution in [1.82, 2.24) is 14.8 Å². The number of carboxylic acids is 1.